The van der Waals surface area contributed by atoms with Crippen LogP contribution in [0.1, 0.15) is 13.3 Å². The Morgan fingerprint density at radius 1 is 1.80 bits per heavy atom. The van der Waals surface area contributed by atoms with Gasteiger partial charge >= 0.3 is 0 Å². The molecule has 0 unspecified atom stereocenters. The van der Waals surface area contributed by atoms with Gasteiger partial charge in [-0.2, -0.15) is 0 Å². The average molecular weight is 144 g/mol. The molecule has 0 aliphatic carbocycles. The van der Waals surface area contributed by atoms with E-state index in [1.54, 1.807) is 7.05 Å². The van der Waals surface area contributed by atoms with E-state index in [0.29, 0.717) is 0 Å². The van der Waals surface area contributed by atoms with Crippen LogP contribution < -0.4 is 11.1 Å². The third-order valence-corrected chi connectivity index (χ3v) is 0.720. The molecule has 3 N–H and O–H groups in total. The molecule has 0 aromatic rings. The molecular weight excluding hydrogens is 128 g/mol. The second kappa shape index (κ2) is 11.0. The molecule has 0 rings (SSSR count). The standard InChI is InChI=1S/C4H7NO.C3H9N/c1-3-4(6)5-2;1-2-3-4/h3H,1H2,2H3,(H,5,6);2-4H2,1H3. The first-order chi connectivity index (χ1) is 4.72. The van der Waals surface area contributed by atoms with Crippen molar-refractivity contribution in [3.05, 3.63) is 12.7 Å². The fourth-order valence-electron chi connectivity index (χ4n) is 0.102. The van der Waals surface area contributed by atoms with Crippen LogP contribution in [0, 0.1) is 0 Å². The first kappa shape index (κ1) is 11.9. The molecule has 0 saturated carbocycles. The van der Waals surface area contributed by atoms with Crippen molar-refractivity contribution in [2.75, 3.05) is 13.6 Å². The molecule has 0 aliphatic heterocycles. The molecule has 0 heterocycles. The summed E-state index contributed by atoms with van der Waals surface area (Å²) >= 11 is 0. The predicted molar refractivity (Wildman–Crippen MR) is 43.6 cm³/mol. The van der Waals surface area contributed by atoms with E-state index >= 15 is 0 Å². The lowest BCUT2D eigenvalue weighted by molar-refractivity contribution is -0.116. The third kappa shape index (κ3) is 15.7. The topological polar surface area (TPSA) is 55.1 Å². The highest BCUT2D eigenvalue weighted by Gasteiger charge is 1.78. The summed E-state index contributed by atoms with van der Waals surface area (Å²) in [7, 11) is 1.56. The molecule has 3 nitrogen and oxygen atoms in total. The van der Waals surface area contributed by atoms with E-state index in [9.17, 15) is 4.79 Å². The summed E-state index contributed by atoms with van der Waals surface area (Å²) in [5.74, 6) is -0.144. The quantitative estimate of drug-likeness (QED) is 0.547. The Bertz CT molecular complexity index is 89.6. The smallest absolute Gasteiger partial charge is 0.243 e. The van der Waals surface area contributed by atoms with Crippen molar-refractivity contribution in [2.24, 2.45) is 5.73 Å². The summed E-state index contributed by atoms with van der Waals surface area (Å²) in [6.45, 7) is 6.09. The van der Waals surface area contributed by atoms with Crippen LogP contribution in [0.2, 0.25) is 0 Å². The number of rotatable bonds is 2. The van der Waals surface area contributed by atoms with Gasteiger partial charge in [-0.3, -0.25) is 4.79 Å². The first-order valence-corrected chi connectivity index (χ1v) is 3.27. The van der Waals surface area contributed by atoms with Crippen molar-refractivity contribution in [2.45, 2.75) is 13.3 Å². The van der Waals surface area contributed by atoms with Crippen LogP contribution in [0.15, 0.2) is 12.7 Å². The molecule has 3 heteroatoms. The second-order valence-electron chi connectivity index (χ2n) is 1.61. The van der Waals surface area contributed by atoms with Gasteiger partial charge in [0.1, 0.15) is 0 Å². The summed E-state index contributed by atoms with van der Waals surface area (Å²) in [6.07, 6.45) is 2.32. The summed E-state index contributed by atoms with van der Waals surface area (Å²) in [4.78, 5) is 9.95. The van der Waals surface area contributed by atoms with Gasteiger partial charge in [0.2, 0.25) is 5.91 Å². The number of amides is 1. The Balaban J connectivity index is 0. The number of likely N-dealkylation sites (N-methyl/N-ethyl adjacent to an activating group) is 1. The monoisotopic (exact) mass is 144 g/mol. The molecule has 60 valence electrons. The van der Waals surface area contributed by atoms with Gasteiger partial charge < -0.3 is 11.1 Å². The highest BCUT2D eigenvalue weighted by Crippen LogP contribution is 1.57. The van der Waals surface area contributed by atoms with Gasteiger partial charge in [0.05, 0.1) is 0 Å². The molecule has 0 bridgehead atoms. The zero-order valence-corrected chi connectivity index (χ0v) is 6.68. The Kier molecular flexibility index (Phi) is 13.1. The van der Waals surface area contributed by atoms with Gasteiger partial charge in [-0.1, -0.05) is 13.5 Å². The van der Waals surface area contributed by atoms with Gasteiger partial charge in [0.15, 0.2) is 0 Å². The highest BCUT2D eigenvalue weighted by atomic mass is 16.1. The summed E-state index contributed by atoms with van der Waals surface area (Å²) in [6, 6.07) is 0. The van der Waals surface area contributed by atoms with Crippen molar-refractivity contribution in [3.8, 4) is 0 Å². The summed E-state index contributed by atoms with van der Waals surface area (Å²) in [5.41, 5.74) is 5.03. The minimum Gasteiger partial charge on any atom is -0.356 e. The number of carbonyl (C=O) groups excluding carboxylic acids is 1. The van der Waals surface area contributed by atoms with Gasteiger partial charge in [-0.25, -0.2) is 0 Å². The lowest BCUT2D eigenvalue weighted by atomic mass is 10.5. The van der Waals surface area contributed by atoms with Crippen molar-refractivity contribution in [3.63, 3.8) is 0 Å². The minimum absolute atomic E-state index is 0.144. The van der Waals surface area contributed by atoms with Crippen LogP contribution in [0.25, 0.3) is 0 Å². The SMILES string of the molecule is C=CC(=O)NC.CCCN. The lowest BCUT2D eigenvalue weighted by Gasteiger charge is -1.82. The fraction of sp³-hybridized carbons (Fsp3) is 0.571. The maximum absolute atomic E-state index is 9.95. The Hall–Kier alpha value is -0.830. The lowest BCUT2D eigenvalue weighted by Crippen LogP contribution is -2.13. The second-order valence-corrected chi connectivity index (χ2v) is 1.61. The van der Waals surface area contributed by atoms with Crippen molar-refractivity contribution in [1.29, 1.82) is 0 Å². The predicted octanol–water partition coefficient (Wildman–Crippen LogP) is 0.273. The number of hydrogen-bond acceptors (Lipinski definition) is 2. The zero-order chi connectivity index (χ0) is 8.41. The normalized spacial score (nSPS) is 7.10. The van der Waals surface area contributed by atoms with Gasteiger partial charge in [-0.15, -0.1) is 0 Å². The molecule has 0 aromatic heterocycles. The van der Waals surface area contributed by atoms with E-state index < -0.39 is 0 Å². The Morgan fingerprint density at radius 2 is 2.20 bits per heavy atom. The van der Waals surface area contributed by atoms with E-state index in [1.165, 1.54) is 6.08 Å². The fourth-order valence-corrected chi connectivity index (χ4v) is 0.102. The van der Waals surface area contributed by atoms with Gasteiger partial charge in [0, 0.05) is 7.05 Å². The van der Waals surface area contributed by atoms with Crippen molar-refractivity contribution < 1.29 is 4.79 Å². The van der Waals surface area contributed by atoms with Crippen LogP contribution in [0.5, 0.6) is 0 Å². The van der Waals surface area contributed by atoms with E-state index in [0.717, 1.165) is 13.0 Å². The van der Waals surface area contributed by atoms with Crippen LogP contribution >= 0.6 is 0 Å². The maximum atomic E-state index is 9.95. The van der Waals surface area contributed by atoms with E-state index in [1.807, 2.05) is 0 Å². The number of nitrogens with two attached hydrogens (primary N) is 1. The molecule has 0 aliphatic rings. The summed E-state index contributed by atoms with van der Waals surface area (Å²) in [5, 5.41) is 2.36. The van der Waals surface area contributed by atoms with Crippen LogP contribution in [0.4, 0.5) is 0 Å². The minimum atomic E-state index is -0.144. The Labute approximate surface area is 62.3 Å². The van der Waals surface area contributed by atoms with Crippen molar-refractivity contribution in [1.82, 2.24) is 5.32 Å². The maximum Gasteiger partial charge on any atom is 0.243 e. The highest BCUT2D eigenvalue weighted by molar-refractivity contribution is 5.86. The molecule has 0 radical (unpaired) electrons. The van der Waals surface area contributed by atoms with E-state index in [4.69, 9.17) is 5.73 Å². The molecule has 0 spiro atoms. The van der Waals surface area contributed by atoms with Crippen molar-refractivity contribution >= 4 is 5.91 Å². The average Bonchev–Trinajstić information content (AvgIpc) is 2.03. The number of nitrogens with one attached hydrogen (secondary N) is 1. The molecule has 0 fully saturated rings. The number of carbonyl (C=O) groups is 1. The molecular formula is C7H16N2O. The van der Waals surface area contributed by atoms with Gasteiger partial charge in [-0.05, 0) is 19.0 Å². The van der Waals surface area contributed by atoms with Crippen LogP contribution in [0.3, 0.4) is 0 Å². The molecule has 0 aromatic carbocycles. The molecule has 0 saturated heterocycles. The van der Waals surface area contributed by atoms with Gasteiger partial charge in [0.25, 0.3) is 0 Å². The third-order valence-electron chi connectivity index (χ3n) is 0.720. The summed E-state index contributed by atoms with van der Waals surface area (Å²) < 4.78 is 0. The van der Waals surface area contributed by atoms with E-state index in [-0.39, 0.29) is 5.91 Å². The largest absolute Gasteiger partial charge is 0.356 e. The van der Waals surface area contributed by atoms with E-state index in [2.05, 4.69) is 18.8 Å². The number of hydrogen-bond donors (Lipinski definition) is 2. The zero-order valence-electron chi connectivity index (χ0n) is 6.68. The molecule has 0 atom stereocenters. The van der Waals surface area contributed by atoms with Crippen LogP contribution in [-0.4, -0.2) is 19.5 Å². The first-order valence-electron chi connectivity index (χ1n) is 3.27. The van der Waals surface area contributed by atoms with Crippen LogP contribution in [-0.2, 0) is 4.79 Å². The molecule has 1 amide bonds. The molecule has 10 heavy (non-hydrogen) atoms. The Morgan fingerprint density at radius 3 is 2.20 bits per heavy atom.